The number of aromatic hydroxyl groups is 1. The first-order chi connectivity index (χ1) is 23.2. The lowest BCUT2D eigenvalue weighted by atomic mass is 9.79. The second-order valence-electron chi connectivity index (χ2n) is 14.0. The van der Waals surface area contributed by atoms with E-state index in [1.54, 1.807) is 29.2 Å². The molecular weight excluding hydrogens is 608 g/mol. The number of phenols is 1. The summed E-state index contributed by atoms with van der Waals surface area (Å²) < 4.78 is 6.65. The van der Waals surface area contributed by atoms with Crippen LogP contribution in [-0.2, 0) is 22.6 Å². The number of likely N-dealkylation sites (tertiary alicyclic amines) is 1. The number of benzene rings is 2. The number of aromatic nitrogens is 2. The lowest BCUT2D eigenvalue weighted by molar-refractivity contribution is -0.136. The molecule has 3 aromatic rings. The van der Waals surface area contributed by atoms with Gasteiger partial charge in [-0.3, -0.25) is 24.6 Å². The van der Waals surface area contributed by atoms with Crippen molar-refractivity contribution in [3.8, 4) is 34.6 Å². The summed E-state index contributed by atoms with van der Waals surface area (Å²) in [5.74, 6) is 8.07. The molecule has 4 aliphatic heterocycles. The number of nitrogens with two attached hydrogens (primary N) is 1. The Labute approximate surface area is 278 Å². The van der Waals surface area contributed by atoms with Gasteiger partial charge in [0.1, 0.15) is 23.1 Å². The minimum Gasteiger partial charge on any atom is -0.507 e. The number of nitrogen functional groups attached to an aromatic ring is 1. The summed E-state index contributed by atoms with van der Waals surface area (Å²) in [6.45, 7) is 3.22. The van der Waals surface area contributed by atoms with E-state index in [-0.39, 0.29) is 29.6 Å². The lowest BCUT2D eigenvalue weighted by Gasteiger charge is -2.53. The summed E-state index contributed by atoms with van der Waals surface area (Å²) in [5.41, 5.74) is 10.3. The van der Waals surface area contributed by atoms with Crippen LogP contribution in [0.25, 0.3) is 11.3 Å². The average molecular weight is 647 g/mol. The van der Waals surface area contributed by atoms with Crippen LogP contribution < -0.4 is 15.8 Å². The quantitative estimate of drug-likeness (QED) is 0.286. The predicted octanol–water partition coefficient (Wildman–Crippen LogP) is 3.43. The van der Waals surface area contributed by atoms with Gasteiger partial charge < -0.3 is 20.5 Å². The molecule has 2 aromatic carbocycles. The number of carbonyl (C=O) groups excluding carboxylic acids is 3. The molecule has 48 heavy (non-hydrogen) atoms. The van der Waals surface area contributed by atoms with Gasteiger partial charge in [-0.1, -0.05) is 24.0 Å². The van der Waals surface area contributed by atoms with Crippen LogP contribution >= 0.6 is 0 Å². The van der Waals surface area contributed by atoms with E-state index in [2.05, 4.69) is 32.3 Å². The minimum absolute atomic E-state index is 0.141. The molecule has 11 heteroatoms. The summed E-state index contributed by atoms with van der Waals surface area (Å²) in [5, 5.41) is 20.8. The molecule has 3 amide bonds. The molecule has 246 valence electrons. The number of amides is 3. The Morgan fingerprint density at radius 3 is 2.58 bits per heavy atom. The molecule has 3 fully saturated rings. The van der Waals surface area contributed by atoms with E-state index in [1.807, 2.05) is 18.2 Å². The standard InChI is InChI=1S/C37H38N6O5/c38-34-25(16-29(40-41-34)27-3-1-2-4-31(27)44)10-9-22-5-7-23(8-6-22)18-42-20-37(21-42)14-13-24-15-28-26(17-32(24)48-37)19-43(36(28)47)30-11-12-33(45)39-35(30)46/h1-4,15-17,22-23,30,44H,5-8,11-14,18-21H2,(H2,38,41)(H,39,45,46). The van der Waals surface area contributed by atoms with Crippen LogP contribution in [-0.4, -0.2) is 74.1 Å². The Hall–Kier alpha value is -4.95. The zero-order valence-corrected chi connectivity index (χ0v) is 26.7. The van der Waals surface area contributed by atoms with Gasteiger partial charge in [0, 0.05) is 49.6 Å². The second-order valence-corrected chi connectivity index (χ2v) is 14.0. The SMILES string of the molecule is Nc1nnc(-c2ccccc2O)cc1C#CC1CCC(CN2CC3(CCc4cc5c(cc4O3)CN(C3CCC(=O)NC3=O)C5=O)C2)CC1. The topological polar surface area (TPSA) is 151 Å². The number of fused-ring (bicyclic) bond motifs is 2. The van der Waals surface area contributed by atoms with E-state index < -0.39 is 11.9 Å². The maximum atomic E-state index is 13.2. The van der Waals surface area contributed by atoms with Crippen molar-refractivity contribution in [2.75, 3.05) is 25.4 Å². The first-order valence-corrected chi connectivity index (χ1v) is 16.9. The van der Waals surface area contributed by atoms with Gasteiger partial charge in [0.25, 0.3) is 5.91 Å². The third-order valence-corrected chi connectivity index (χ3v) is 10.7. The number of rotatable bonds is 4. The van der Waals surface area contributed by atoms with Crippen LogP contribution in [0.2, 0.25) is 0 Å². The molecule has 11 nitrogen and oxygen atoms in total. The molecule has 2 saturated heterocycles. The molecule has 5 aliphatic rings. The zero-order chi connectivity index (χ0) is 33.0. The van der Waals surface area contributed by atoms with E-state index in [0.29, 0.717) is 53.0 Å². The van der Waals surface area contributed by atoms with Gasteiger partial charge in [0.05, 0.1) is 11.3 Å². The van der Waals surface area contributed by atoms with Crippen molar-refractivity contribution in [3.63, 3.8) is 0 Å². The monoisotopic (exact) mass is 646 g/mol. The number of ether oxygens (including phenoxy) is 1. The average Bonchev–Trinajstić information content (AvgIpc) is 3.38. The number of carbonyl (C=O) groups is 3. The van der Waals surface area contributed by atoms with Gasteiger partial charge in [-0.25, -0.2) is 0 Å². The Kier molecular flexibility index (Phi) is 7.56. The predicted molar refractivity (Wildman–Crippen MR) is 176 cm³/mol. The van der Waals surface area contributed by atoms with Crippen molar-refractivity contribution in [2.45, 2.75) is 69.6 Å². The summed E-state index contributed by atoms with van der Waals surface area (Å²) in [6, 6.07) is 12.2. The van der Waals surface area contributed by atoms with Crippen molar-refractivity contribution < 1.29 is 24.2 Å². The first kappa shape index (κ1) is 30.4. The summed E-state index contributed by atoms with van der Waals surface area (Å²) in [7, 11) is 0. The highest BCUT2D eigenvalue weighted by Crippen LogP contribution is 2.43. The van der Waals surface area contributed by atoms with Gasteiger partial charge in [-0.15, -0.1) is 10.2 Å². The number of anilines is 1. The van der Waals surface area contributed by atoms with E-state index in [0.717, 1.165) is 75.0 Å². The molecule has 1 spiro atoms. The van der Waals surface area contributed by atoms with Gasteiger partial charge in [-0.2, -0.15) is 0 Å². The molecule has 4 N–H and O–H groups in total. The number of phenolic OH excluding ortho intramolecular Hbond substituents is 1. The molecule has 1 aromatic heterocycles. The van der Waals surface area contributed by atoms with E-state index in [9.17, 15) is 19.5 Å². The molecule has 8 rings (SSSR count). The molecule has 0 radical (unpaired) electrons. The van der Waals surface area contributed by atoms with Crippen LogP contribution in [0.15, 0.2) is 42.5 Å². The Bertz CT molecular complexity index is 1880. The summed E-state index contributed by atoms with van der Waals surface area (Å²) in [4.78, 5) is 41.4. The third kappa shape index (κ3) is 5.64. The van der Waals surface area contributed by atoms with Crippen molar-refractivity contribution in [1.29, 1.82) is 0 Å². The van der Waals surface area contributed by atoms with Crippen molar-refractivity contribution in [1.82, 2.24) is 25.3 Å². The molecule has 0 bridgehead atoms. The molecule has 1 aliphatic carbocycles. The molecule has 1 unspecified atom stereocenters. The van der Waals surface area contributed by atoms with E-state index in [1.165, 1.54) is 0 Å². The smallest absolute Gasteiger partial charge is 0.255 e. The van der Waals surface area contributed by atoms with Crippen LogP contribution in [0.1, 0.15) is 72.0 Å². The normalized spacial score (nSPS) is 24.5. The van der Waals surface area contributed by atoms with Crippen LogP contribution in [0.5, 0.6) is 11.5 Å². The Balaban J connectivity index is 0.839. The van der Waals surface area contributed by atoms with Gasteiger partial charge in [0.2, 0.25) is 11.8 Å². The Morgan fingerprint density at radius 1 is 0.979 bits per heavy atom. The number of piperidine rings is 1. The van der Waals surface area contributed by atoms with Crippen LogP contribution in [0.3, 0.4) is 0 Å². The van der Waals surface area contributed by atoms with Crippen molar-refractivity contribution in [2.24, 2.45) is 11.8 Å². The second kappa shape index (κ2) is 11.9. The maximum absolute atomic E-state index is 13.2. The number of imide groups is 1. The number of hydrogen-bond donors (Lipinski definition) is 3. The zero-order valence-electron chi connectivity index (χ0n) is 26.7. The fourth-order valence-electron chi connectivity index (χ4n) is 8.05. The van der Waals surface area contributed by atoms with Gasteiger partial charge in [0.15, 0.2) is 5.82 Å². The van der Waals surface area contributed by atoms with Gasteiger partial charge in [-0.05, 0) is 92.3 Å². The maximum Gasteiger partial charge on any atom is 0.255 e. The van der Waals surface area contributed by atoms with Crippen LogP contribution in [0, 0.1) is 23.7 Å². The summed E-state index contributed by atoms with van der Waals surface area (Å²) >= 11 is 0. The molecule has 1 saturated carbocycles. The summed E-state index contributed by atoms with van der Waals surface area (Å²) in [6.07, 6.45) is 6.73. The number of nitrogens with zero attached hydrogens (tertiary/aromatic N) is 4. The Morgan fingerprint density at radius 2 is 1.79 bits per heavy atom. The molecule has 1 atom stereocenters. The van der Waals surface area contributed by atoms with Gasteiger partial charge >= 0.3 is 0 Å². The number of hydrogen-bond acceptors (Lipinski definition) is 9. The minimum atomic E-state index is -0.615. The highest BCUT2D eigenvalue weighted by atomic mass is 16.5. The number of aryl methyl sites for hydroxylation is 1. The largest absolute Gasteiger partial charge is 0.507 e. The first-order valence-electron chi connectivity index (χ1n) is 16.9. The highest BCUT2D eigenvalue weighted by Gasteiger charge is 2.48. The highest BCUT2D eigenvalue weighted by molar-refractivity contribution is 6.05. The number of nitrogens with one attached hydrogen (secondary N) is 1. The molecule has 5 heterocycles. The van der Waals surface area contributed by atoms with E-state index >= 15 is 0 Å². The van der Waals surface area contributed by atoms with Crippen molar-refractivity contribution in [3.05, 3.63) is 64.7 Å². The fourth-order valence-corrected chi connectivity index (χ4v) is 8.05. The van der Waals surface area contributed by atoms with Crippen molar-refractivity contribution >= 4 is 23.5 Å². The fraction of sp³-hybridized carbons (Fsp3) is 0.432. The lowest BCUT2D eigenvalue weighted by Crippen LogP contribution is -2.66. The number of para-hydroxylation sites is 1. The third-order valence-electron chi connectivity index (χ3n) is 10.7. The molecular formula is C37H38N6O5. The van der Waals surface area contributed by atoms with E-state index in [4.69, 9.17) is 10.5 Å². The van der Waals surface area contributed by atoms with Crippen LogP contribution in [0.4, 0.5) is 5.82 Å².